The number of rotatable bonds is 6. The highest BCUT2D eigenvalue weighted by Crippen LogP contribution is 2.42. The highest BCUT2D eigenvalue weighted by molar-refractivity contribution is 6.03. The number of nitrogens with zero attached hydrogens (tertiary/aromatic N) is 1. The second-order valence-electron chi connectivity index (χ2n) is 6.95. The van der Waals surface area contributed by atoms with Crippen molar-refractivity contribution in [2.45, 2.75) is 12.6 Å². The maximum atomic E-state index is 12.9. The molecule has 0 aliphatic carbocycles. The van der Waals surface area contributed by atoms with Crippen LogP contribution in [0, 0.1) is 5.92 Å². The van der Waals surface area contributed by atoms with E-state index in [0.717, 1.165) is 16.8 Å². The number of hydrogen-bond acceptors (Lipinski definition) is 3. The van der Waals surface area contributed by atoms with Crippen LogP contribution in [0.2, 0.25) is 0 Å². The van der Waals surface area contributed by atoms with E-state index in [2.05, 4.69) is 5.32 Å². The first-order valence-electron chi connectivity index (χ1n) is 9.61. The average molecular weight is 386 g/mol. The number of benzene rings is 3. The van der Waals surface area contributed by atoms with Crippen LogP contribution in [0.5, 0.6) is 0 Å². The van der Waals surface area contributed by atoms with Crippen molar-refractivity contribution < 1.29 is 14.3 Å². The normalized spacial score (nSPS) is 18.1. The Kier molecular flexibility index (Phi) is 5.56. The Morgan fingerprint density at radius 1 is 0.862 bits per heavy atom. The number of anilines is 1. The summed E-state index contributed by atoms with van der Waals surface area (Å²) >= 11 is 0. The molecule has 0 aromatic heterocycles. The van der Waals surface area contributed by atoms with Crippen molar-refractivity contribution >= 4 is 17.7 Å². The summed E-state index contributed by atoms with van der Waals surface area (Å²) in [6.45, 7) is 0.429. The van der Waals surface area contributed by atoms with Crippen molar-refractivity contribution in [1.29, 1.82) is 0 Å². The molecule has 0 spiro atoms. The molecule has 146 valence electrons. The predicted molar refractivity (Wildman–Crippen MR) is 111 cm³/mol. The summed E-state index contributed by atoms with van der Waals surface area (Å²) in [5.41, 5.74) is 2.81. The van der Waals surface area contributed by atoms with Gasteiger partial charge in [-0.2, -0.15) is 0 Å². The fourth-order valence-corrected chi connectivity index (χ4v) is 3.62. The van der Waals surface area contributed by atoms with Gasteiger partial charge in [0.1, 0.15) is 6.61 Å². The largest absolute Gasteiger partial charge is 0.445 e. The lowest BCUT2D eigenvalue weighted by molar-refractivity contribution is -0.130. The minimum Gasteiger partial charge on any atom is -0.445 e. The quantitative estimate of drug-likeness (QED) is 0.642. The Labute approximate surface area is 169 Å². The van der Waals surface area contributed by atoms with Crippen molar-refractivity contribution in [2.75, 3.05) is 11.4 Å². The van der Waals surface area contributed by atoms with Gasteiger partial charge in [0.15, 0.2) is 0 Å². The maximum absolute atomic E-state index is 12.9. The van der Waals surface area contributed by atoms with E-state index in [4.69, 9.17) is 4.74 Å². The van der Waals surface area contributed by atoms with Crippen LogP contribution in [-0.4, -0.2) is 18.5 Å². The number of nitrogens with one attached hydrogen (secondary N) is 1. The molecule has 3 aromatic rings. The number of alkyl carbamates (subject to hydrolysis) is 1. The molecular weight excluding hydrogens is 364 g/mol. The maximum Gasteiger partial charge on any atom is 0.407 e. The number of hydrogen-bond donors (Lipinski definition) is 1. The van der Waals surface area contributed by atoms with E-state index in [-0.39, 0.29) is 31.0 Å². The van der Waals surface area contributed by atoms with Crippen LogP contribution in [0.3, 0.4) is 0 Å². The van der Waals surface area contributed by atoms with Crippen LogP contribution in [0.15, 0.2) is 91.0 Å². The molecule has 3 aromatic carbocycles. The van der Waals surface area contributed by atoms with E-state index in [0.29, 0.717) is 0 Å². The number of para-hydroxylation sites is 1. The molecule has 5 nitrogen and oxygen atoms in total. The molecule has 4 rings (SSSR count). The second-order valence-corrected chi connectivity index (χ2v) is 6.95. The SMILES string of the molecule is O=C(NC[C@H]1C(=O)N(c2ccccc2)[C@@H]1c1ccccc1)OCc1ccccc1. The molecule has 1 fully saturated rings. The molecule has 29 heavy (non-hydrogen) atoms. The average Bonchev–Trinajstić information content (AvgIpc) is 2.78. The first kappa shape index (κ1) is 18.7. The van der Waals surface area contributed by atoms with Gasteiger partial charge in [-0.3, -0.25) is 4.79 Å². The van der Waals surface area contributed by atoms with E-state index in [9.17, 15) is 9.59 Å². The third kappa shape index (κ3) is 4.14. The Bertz CT molecular complexity index is 961. The van der Waals surface area contributed by atoms with Crippen molar-refractivity contribution in [1.82, 2.24) is 5.32 Å². The smallest absolute Gasteiger partial charge is 0.407 e. The summed E-state index contributed by atoms with van der Waals surface area (Å²) in [5.74, 6) is -0.338. The first-order valence-corrected chi connectivity index (χ1v) is 9.61. The summed E-state index contributed by atoms with van der Waals surface area (Å²) in [6.07, 6.45) is -0.522. The fraction of sp³-hybridized carbons (Fsp3) is 0.167. The highest BCUT2D eigenvalue weighted by Gasteiger charge is 2.48. The predicted octanol–water partition coefficient (Wildman–Crippen LogP) is 4.32. The van der Waals surface area contributed by atoms with Crippen molar-refractivity contribution in [3.05, 3.63) is 102 Å². The van der Waals surface area contributed by atoms with Gasteiger partial charge in [-0.25, -0.2) is 4.79 Å². The molecule has 0 radical (unpaired) electrons. The van der Waals surface area contributed by atoms with E-state index >= 15 is 0 Å². The molecule has 2 atom stereocenters. The minimum absolute atomic E-state index is 0.00610. The van der Waals surface area contributed by atoms with Gasteiger partial charge in [0.2, 0.25) is 5.91 Å². The molecule has 0 unspecified atom stereocenters. The number of carbonyl (C=O) groups is 2. The summed E-state index contributed by atoms with van der Waals surface area (Å²) < 4.78 is 5.26. The van der Waals surface area contributed by atoms with Crippen molar-refractivity contribution in [3.63, 3.8) is 0 Å². The van der Waals surface area contributed by atoms with E-state index in [1.807, 2.05) is 91.0 Å². The van der Waals surface area contributed by atoms with Crippen molar-refractivity contribution in [2.24, 2.45) is 5.92 Å². The van der Waals surface area contributed by atoms with E-state index in [1.165, 1.54) is 0 Å². The lowest BCUT2D eigenvalue weighted by atomic mass is 9.81. The summed E-state index contributed by atoms with van der Waals surface area (Å²) in [6, 6.07) is 28.8. The standard InChI is InChI=1S/C24H22N2O3/c27-23-21(16-25-24(28)29-17-18-10-4-1-5-11-18)22(19-12-6-2-7-13-19)26(23)20-14-8-3-9-15-20/h1-15,21-22H,16-17H2,(H,25,28)/t21-,22-/m1/s1. The molecule has 0 saturated carbocycles. The highest BCUT2D eigenvalue weighted by atomic mass is 16.5. The zero-order chi connectivity index (χ0) is 20.1. The summed E-state index contributed by atoms with van der Waals surface area (Å²) in [7, 11) is 0. The Hall–Kier alpha value is -3.60. The Morgan fingerprint density at radius 3 is 2.10 bits per heavy atom. The molecular formula is C24H22N2O3. The van der Waals surface area contributed by atoms with Gasteiger partial charge in [0.05, 0.1) is 12.0 Å². The van der Waals surface area contributed by atoms with Gasteiger partial charge >= 0.3 is 6.09 Å². The van der Waals surface area contributed by atoms with Gasteiger partial charge in [-0.05, 0) is 23.3 Å². The van der Waals surface area contributed by atoms with Crippen LogP contribution in [0.1, 0.15) is 17.2 Å². The third-order valence-corrected chi connectivity index (χ3v) is 5.07. The van der Waals surface area contributed by atoms with E-state index in [1.54, 1.807) is 4.90 Å². The van der Waals surface area contributed by atoms with Gasteiger partial charge in [0, 0.05) is 12.2 Å². The molecule has 1 N–H and O–H groups in total. The second kappa shape index (κ2) is 8.61. The Morgan fingerprint density at radius 2 is 1.45 bits per heavy atom. The number of β-lactam (4-membered cyclic amide) rings is 1. The minimum atomic E-state index is -0.522. The zero-order valence-corrected chi connectivity index (χ0v) is 15.9. The monoisotopic (exact) mass is 386 g/mol. The topological polar surface area (TPSA) is 58.6 Å². The zero-order valence-electron chi connectivity index (χ0n) is 15.9. The number of ether oxygens (including phenoxy) is 1. The molecule has 1 aliphatic rings. The summed E-state index contributed by atoms with van der Waals surface area (Å²) in [4.78, 5) is 26.8. The van der Waals surface area contributed by atoms with Gasteiger partial charge in [-0.15, -0.1) is 0 Å². The lowest BCUT2D eigenvalue weighted by Gasteiger charge is -2.47. The van der Waals surface area contributed by atoms with E-state index < -0.39 is 6.09 Å². The number of carbonyl (C=O) groups excluding carboxylic acids is 2. The van der Waals surface area contributed by atoms with Gasteiger partial charge in [-0.1, -0.05) is 78.9 Å². The van der Waals surface area contributed by atoms with Crippen LogP contribution in [0.4, 0.5) is 10.5 Å². The molecule has 0 bridgehead atoms. The van der Waals surface area contributed by atoms with Crippen LogP contribution in [-0.2, 0) is 16.1 Å². The van der Waals surface area contributed by atoms with Gasteiger partial charge in [0.25, 0.3) is 0 Å². The van der Waals surface area contributed by atoms with Crippen LogP contribution < -0.4 is 10.2 Å². The van der Waals surface area contributed by atoms with Crippen LogP contribution in [0.25, 0.3) is 0 Å². The molecule has 1 heterocycles. The fourth-order valence-electron chi connectivity index (χ4n) is 3.62. The Balaban J connectivity index is 1.42. The lowest BCUT2D eigenvalue weighted by Crippen LogP contribution is -2.58. The molecule has 5 heteroatoms. The first-order chi connectivity index (χ1) is 14.2. The summed E-state index contributed by atoms with van der Waals surface area (Å²) in [5, 5.41) is 2.75. The third-order valence-electron chi connectivity index (χ3n) is 5.07. The van der Waals surface area contributed by atoms with Crippen molar-refractivity contribution in [3.8, 4) is 0 Å². The van der Waals surface area contributed by atoms with Gasteiger partial charge < -0.3 is 15.0 Å². The molecule has 1 aliphatic heterocycles. The van der Waals surface area contributed by atoms with Crippen LogP contribution >= 0.6 is 0 Å². The molecule has 2 amide bonds. The molecule has 1 saturated heterocycles. The number of amides is 2.